The van der Waals surface area contributed by atoms with E-state index in [0.29, 0.717) is 0 Å². The third-order valence-corrected chi connectivity index (χ3v) is 3.82. The summed E-state index contributed by atoms with van der Waals surface area (Å²) < 4.78 is 4.58. The van der Waals surface area contributed by atoms with Gasteiger partial charge >= 0.3 is 5.97 Å². The summed E-state index contributed by atoms with van der Waals surface area (Å²) in [6.07, 6.45) is 6.06. The molecule has 116 valence electrons. The third kappa shape index (κ3) is 4.96. The van der Waals surface area contributed by atoms with Crippen LogP contribution in [0.4, 0.5) is 0 Å². The lowest BCUT2D eigenvalue weighted by atomic mass is 9.72. The first-order chi connectivity index (χ1) is 9.77. The Labute approximate surface area is 126 Å². The molecule has 0 N–H and O–H groups in total. The molecule has 0 aliphatic heterocycles. The maximum atomic E-state index is 11.8. The average Bonchev–Trinajstić information content (AvgIpc) is 2.37. The highest BCUT2D eigenvalue weighted by Gasteiger charge is 2.26. The van der Waals surface area contributed by atoms with E-state index in [4.69, 9.17) is 0 Å². The highest BCUT2D eigenvalue weighted by molar-refractivity contribution is 6.37. The van der Waals surface area contributed by atoms with Crippen LogP contribution >= 0.6 is 0 Å². The molecular weight excluding hydrogens is 268 g/mol. The van der Waals surface area contributed by atoms with E-state index >= 15 is 0 Å². The Morgan fingerprint density at radius 2 is 1.95 bits per heavy atom. The molecule has 1 aliphatic rings. The molecule has 0 heterocycles. The number of Topliss-reactive ketones (excluding diaryl/α,β-unsaturated/α-hetero) is 1. The molecule has 4 heteroatoms. The van der Waals surface area contributed by atoms with Crippen LogP contribution in [-0.2, 0) is 19.1 Å². The predicted octanol–water partition coefficient (Wildman–Crippen LogP) is 3.16. The van der Waals surface area contributed by atoms with Gasteiger partial charge in [0.05, 0.1) is 13.0 Å². The Bertz CT molecular complexity index is 495. The standard InChI is InChI=1S/C17H24O4/c1-5-21-16(20)15(19)11-13(18)8-9-14-12(2)7-6-10-17(14,3)4/h8-9H,5-7,10-11H2,1-4H3/b9-8+. The number of hydrogen-bond donors (Lipinski definition) is 0. The maximum Gasteiger partial charge on any atom is 0.375 e. The lowest BCUT2D eigenvalue weighted by molar-refractivity contribution is -0.154. The number of ketones is 2. The van der Waals surface area contributed by atoms with Gasteiger partial charge in [0.2, 0.25) is 5.78 Å². The summed E-state index contributed by atoms with van der Waals surface area (Å²) in [6, 6.07) is 0. The van der Waals surface area contributed by atoms with Crippen LogP contribution in [0.25, 0.3) is 0 Å². The van der Waals surface area contributed by atoms with E-state index in [1.807, 2.05) is 0 Å². The molecule has 0 aromatic carbocycles. The number of allylic oxidation sites excluding steroid dienone is 4. The van der Waals surface area contributed by atoms with E-state index in [1.54, 1.807) is 13.0 Å². The van der Waals surface area contributed by atoms with Crippen molar-refractivity contribution in [3.05, 3.63) is 23.3 Å². The molecule has 0 atom stereocenters. The Kier molecular flexibility index (Phi) is 6.06. The number of carbonyl (C=O) groups excluding carboxylic acids is 3. The van der Waals surface area contributed by atoms with Crippen molar-refractivity contribution in [1.82, 2.24) is 0 Å². The Balaban J connectivity index is 2.70. The second kappa shape index (κ2) is 7.34. The molecule has 1 rings (SSSR count). The van der Waals surface area contributed by atoms with Gasteiger partial charge in [-0.2, -0.15) is 0 Å². The van der Waals surface area contributed by atoms with Crippen LogP contribution in [-0.4, -0.2) is 24.1 Å². The number of ether oxygens (including phenoxy) is 1. The fourth-order valence-corrected chi connectivity index (χ4v) is 2.69. The van der Waals surface area contributed by atoms with E-state index in [9.17, 15) is 14.4 Å². The van der Waals surface area contributed by atoms with E-state index < -0.39 is 18.2 Å². The van der Waals surface area contributed by atoms with Gasteiger partial charge in [0.25, 0.3) is 0 Å². The van der Waals surface area contributed by atoms with Crippen LogP contribution < -0.4 is 0 Å². The molecule has 0 fully saturated rings. The molecule has 4 nitrogen and oxygen atoms in total. The van der Waals surface area contributed by atoms with E-state index in [1.165, 1.54) is 11.6 Å². The van der Waals surface area contributed by atoms with E-state index in [-0.39, 0.29) is 17.8 Å². The number of esters is 1. The number of rotatable bonds is 6. The minimum absolute atomic E-state index is 0.0459. The molecule has 1 aliphatic carbocycles. The van der Waals surface area contributed by atoms with Gasteiger partial charge in [-0.3, -0.25) is 9.59 Å². The van der Waals surface area contributed by atoms with Crippen LogP contribution in [0.5, 0.6) is 0 Å². The van der Waals surface area contributed by atoms with Crippen molar-refractivity contribution >= 4 is 17.5 Å². The molecule has 0 saturated heterocycles. The first-order valence-electron chi connectivity index (χ1n) is 7.39. The molecule has 0 radical (unpaired) electrons. The summed E-state index contributed by atoms with van der Waals surface area (Å²) >= 11 is 0. The highest BCUT2D eigenvalue weighted by atomic mass is 16.5. The van der Waals surface area contributed by atoms with Crippen molar-refractivity contribution in [2.45, 2.75) is 53.4 Å². The smallest absolute Gasteiger partial charge is 0.375 e. The van der Waals surface area contributed by atoms with Gasteiger partial charge in [-0.25, -0.2) is 4.79 Å². The predicted molar refractivity (Wildman–Crippen MR) is 80.7 cm³/mol. The quantitative estimate of drug-likeness (QED) is 0.326. The zero-order valence-corrected chi connectivity index (χ0v) is 13.3. The van der Waals surface area contributed by atoms with Gasteiger partial charge in [-0.05, 0) is 50.2 Å². The highest BCUT2D eigenvalue weighted by Crippen LogP contribution is 2.40. The summed E-state index contributed by atoms with van der Waals surface area (Å²) in [5, 5.41) is 0. The van der Waals surface area contributed by atoms with Gasteiger partial charge in [0.15, 0.2) is 5.78 Å². The molecule has 0 amide bonds. The van der Waals surface area contributed by atoms with Gasteiger partial charge in [-0.15, -0.1) is 0 Å². The minimum atomic E-state index is -0.937. The molecule has 0 saturated carbocycles. The first-order valence-corrected chi connectivity index (χ1v) is 7.39. The number of hydrogen-bond acceptors (Lipinski definition) is 4. The largest absolute Gasteiger partial charge is 0.460 e. The Morgan fingerprint density at radius 1 is 1.29 bits per heavy atom. The molecule has 0 aromatic heterocycles. The fourth-order valence-electron chi connectivity index (χ4n) is 2.69. The van der Waals surface area contributed by atoms with Gasteiger partial charge in [-0.1, -0.05) is 25.5 Å². The lowest BCUT2D eigenvalue weighted by Crippen LogP contribution is -2.21. The SMILES string of the molecule is CCOC(=O)C(=O)CC(=O)/C=C/C1=C(C)CCCC1(C)C. The average molecular weight is 292 g/mol. The zero-order chi connectivity index (χ0) is 16.0. The molecule has 0 unspecified atom stereocenters. The van der Waals surface area contributed by atoms with Crippen LogP contribution in [0, 0.1) is 5.41 Å². The molecular formula is C17H24O4. The molecule has 0 spiro atoms. The summed E-state index contributed by atoms with van der Waals surface area (Å²) in [4.78, 5) is 34.4. The van der Waals surface area contributed by atoms with Crippen molar-refractivity contribution < 1.29 is 19.1 Å². The first kappa shape index (κ1) is 17.3. The van der Waals surface area contributed by atoms with Crippen LogP contribution in [0.2, 0.25) is 0 Å². The molecule has 0 aromatic rings. The lowest BCUT2D eigenvalue weighted by Gasteiger charge is -2.32. The van der Waals surface area contributed by atoms with Crippen molar-refractivity contribution in [3.63, 3.8) is 0 Å². The second-order valence-electron chi connectivity index (χ2n) is 6.05. The van der Waals surface area contributed by atoms with Crippen molar-refractivity contribution in [3.8, 4) is 0 Å². The number of carbonyl (C=O) groups is 3. The van der Waals surface area contributed by atoms with Crippen molar-refractivity contribution in [2.24, 2.45) is 5.41 Å². The summed E-state index contributed by atoms with van der Waals surface area (Å²) in [7, 11) is 0. The van der Waals surface area contributed by atoms with Crippen LogP contribution in [0.15, 0.2) is 23.3 Å². The van der Waals surface area contributed by atoms with E-state index in [0.717, 1.165) is 24.8 Å². The monoisotopic (exact) mass is 292 g/mol. The molecule has 0 bridgehead atoms. The second-order valence-corrected chi connectivity index (χ2v) is 6.05. The Hall–Kier alpha value is -1.71. The third-order valence-electron chi connectivity index (χ3n) is 3.82. The fraction of sp³-hybridized carbons (Fsp3) is 0.588. The van der Waals surface area contributed by atoms with Crippen LogP contribution in [0.1, 0.15) is 53.4 Å². The summed E-state index contributed by atoms with van der Waals surface area (Å²) in [6.45, 7) is 8.14. The maximum absolute atomic E-state index is 11.8. The van der Waals surface area contributed by atoms with Crippen molar-refractivity contribution in [2.75, 3.05) is 6.61 Å². The van der Waals surface area contributed by atoms with Gasteiger partial charge in [0, 0.05) is 0 Å². The van der Waals surface area contributed by atoms with Crippen LogP contribution in [0.3, 0.4) is 0 Å². The van der Waals surface area contributed by atoms with E-state index in [2.05, 4.69) is 25.5 Å². The molecule has 21 heavy (non-hydrogen) atoms. The minimum Gasteiger partial charge on any atom is -0.460 e. The van der Waals surface area contributed by atoms with Crippen molar-refractivity contribution in [1.29, 1.82) is 0 Å². The summed E-state index contributed by atoms with van der Waals surface area (Å²) in [5.74, 6) is -2.09. The van der Waals surface area contributed by atoms with Gasteiger partial charge in [0.1, 0.15) is 0 Å². The van der Waals surface area contributed by atoms with Gasteiger partial charge < -0.3 is 4.74 Å². The topological polar surface area (TPSA) is 60.4 Å². The normalized spacial score (nSPS) is 17.9. The zero-order valence-electron chi connectivity index (χ0n) is 13.3. The Morgan fingerprint density at radius 3 is 2.52 bits per heavy atom. The summed E-state index contributed by atoms with van der Waals surface area (Å²) in [5.41, 5.74) is 2.49.